The molecular weight excluding hydrogens is 428 g/mol. The van der Waals surface area contributed by atoms with Crippen molar-refractivity contribution in [3.05, 3.63) is 69.6 Å². The number of benzene rings is 1. The van der Waals surface area contributed by atoms with Crippen LogP contribution in [0.5, 0.6) is 5.88 Å². The van der Waals surface area contributed by atoms with Crippen LogP contribution in [0.25, 0.3) is 5.57 Å². The van der Waals surface area contributed by atoms with Crippen LogP contribution in [0, 0.1) is 0 Å². The SMILES string of the molecule is CCc1ccc(C(=C[C@H]2CCC(=O)N2)c2ccc(CCc3nn[nH]n3)c(Cl)c2)nc1OC. The third-order valence-electron chi connectivity index (χ3n) is 5.56. The van der Waals surface area contributed by atoms with Gasteiger partial charge < -0.3 is 10.1 Å². The molecule has 32 heavy (non-hydrogen) atoms. The van der Waals surface area contributed by atoms with Crippen LogP contribution in [0.3, 0.4) is 0 Å². The number of halogens is 1. The number of rotatable bonds is 8. The summed E-state index contributed by atoms with van der Waals surface area (Å²) >= 11 is 6.64. The van der Waals surface area contributed by atoms with Crippen molar-refractivity contribution in [1.29, 1.82) is 0 Å². The molecule has 1 amide bonds. The van der Waals surface area contributed by atoms with E-state index >= 15 is 0 Å². The first-order valence-corrected chi connectivity index (χ1v) is 11.0. The molecule has 0 aliphatic carbocycles. The highest BCUT2D eigenvalue weighted by atomic mass is 35.5. The maximum absolute atomic E-state index is 11.7. The van der Waals surface area contributed by atoms with Crippen molar-refractivity contribution in [2.45, 2.75) is 45.1 Å². The summed E-state index contributed by atoms with van der Waals surface area (Å²) in [6, 6.07) is 9.95. The van der Waals surface area contributed by atoms with Gasteiger partial charge in [0, 0.05) is 35.0 Å². The summed E-state index contributed by atoms with van der Waals surface area (Å²) in [5, 5.41) is 17.7. The maximum atomic E-state index is 11.7. The minimum absolute atomic E-state index is 0.0483. The zero-order valence-electron chi connectivity index (χ0n) is 18.1. The van der Waals surface area contributed by atoms with Crippen molar-refractivity contribution in [3.63, 3.8) is 0 Å². The fourth-order valence-electron chi connectivity index (χ4n) is 3.81. The molecule has 4 rings (SSSR count). The Balaban J connectivity index is 1.67. The van der Waals surface area contributed by atoms with Gasteiger partial charge >= 0.3 is 0 Å². The van der Waals surface area contributed by atoms with E-state index in [4.69, 9.17) is 21.3 Å². The predicted octanol–water partition coefficient (Wildman–Crippen LogP) is 3.31. The standard InChI is InChI=1S/C23H25ClN6O2/c1-3-14-6-9-20(26-23(14)32-2)18(13-17-8-11-22(31)25-17)16-5-4-15(19(24)12-16)7-10-21-27-29-30-28-21/h4-6,9,12-13,17H,3,7-8,10-11H2,1-2H3,(H,25,31)(H,27,28,29,30)/t17-/m1/s1. The van der Waals surface area contributed by atoms with E-state index in [2.05, 4.69) is 38.9 Å². The second kappa shape index (κ2) is 9.91. The Morgan fingerprint density at radius 3 is 2.75 bits per heavy atom. The second-order valence-electron chi connectivity index (χ2n) is 7.65. The van der Waals surface area contributed by atoms with E-state index in [0.717, 1.165) is 40.8 Å². The van der Waals surface area contributed by atoms with Crippen LogP contribution in [0.4, 0.5) is 0 Å². The van der Waals surface area contributed by atoms with Gasteiger partial charge in [0.15, 0.2) is 5.82 Å². The van der Waals surface area contributed by atoms with E-state index in [-0.39, 0.29) is 11.9 Å². The third kappa shape index (κ3) is 4.96. The Kier molecular flexibility index (Phi) is 6.80. The Morgan fingerprint density at radius 2 is 2.09 bits per heavy atom. The molecule has 2 aromatic heterocycles. The number of carbonyl (C=O) groups is 1. The monoisotopic (exact) mass is 452 g/mol. The lowest BCUT2D eigenvalue weighted by atomic mass is 9.96. The highest BCUT2D eigenvalue weighted by Crippen LogP contribution is 2.30. The summed E-state index contributed by atoms with van der Waals surface area (Å²) in [6.45, 7) is 2.07. The highest BCUT2D eigenvalue weighted by Gasteiger charge is 2.21. The smallest absolute Gasteiger partial charge is 0.220 e. The lowest BCUT2D eigenvalue weighted by molar-refractivity contribution is -0.119. The number of ether oxygens (including phenoxy) is 1. The van der Waals surface area contributed by atoms with Crippen LogP contribution in [0.15, 0.2) is 36.4 Å². The Morgan fingerprint density at radius 1 is 1.25 bits per heavy atom. The molecule has 0 unspecified atom stereocenters. The fourth-order valence-corrected chi connectivity index (χ4v) is 4.09. The van der Waals surface area contributed by atoms with Gasteiger partial charge in [-0.1, -0.05) is 48.0 Å². The second-order valence-corrected chi connectivity index (χ2v) is 8.05. The number of H-pyrrole nitrogens is 1. The number of nitrogens with one attached hydrogen (secondary N) is 2. The van der Waals surface area contributed by atoms with Gasteiger partial charge in [-0.25, -0.2) is 4.98 Å². The Labute approximate surface area is 191 Å². The summed E-state index contributed by atoms with van der Waals surface area (Å²) < 4.78 is 5.51. The minimum Gasteiger partial charge on any atom is -0.481 e. The van der Waals surface area contributed by atoms with E-state index in [1.807, 2.05) is 30.3 Å². The zero-order chi connectivity index (χ0) is 22.5. The van der Waals surface area contributed by atoms with Crippen LogP contribution in [-0.4, -0.2) is 44.7 Å². The first-order valence-electron chi connectivity index (χ1n) is 10.6. The summed E-state index contributed by atoms with van der Waals surface area (Å²) in [6.07, 6.45) is 5.51. The number of pyridine rings is 1. The number of aromatic amines is 1. The molecule has 1 saturated heterocycles. The molecule has 1 fully saturated rings. The van der Waals surface area contributed by atoms with Gasteiger partial charge in [-0.3, -0.25) is 4.79 Å². The van der Waals surface area contributed by atoms with Crippen LogP contribution in [-0.2, 0) is 24.1 Å². The van der Waals surface area contributed by atoms with Gasteiger partial charge in [-0.05, 0) is 42.5 Å². The van der Waals surface area contributed by atoms with E-state index in [1.54, 1.807) is 7.11 Å². The van der Waals surface area contributed by atoms with Crippen LogP contribution in [0.1, 0.15) is 48.0 Å². The number of aromatic nitrogens is 5. The van der Waals surface area contributed by atoms with Crippen LogP contribution >= 0.6 is 11.6 Å². The number of aryl methyl sites for hydroxylation is 3. The number of hydrogen-bond donors (Lipinski definition) is 2. The summed E-state index contributed by atoms with van der Waals surface area (Å²) in [5.41, 5.74) is 4.65. The number of tetrazole rings is 1. The first-order chi connectivity index (χ1) is 15.6. The van der Waals surface area contributed by atoms with Gasteiger partial charge in [-0.15, -0.1) is 10.2 Å². The van der Waals surface area contributed by atoms with Crippen molar-refractivity contribution in [1.82, 2.24) is 30.9 Å². The van der Waals surface area contributed by atoms with E-state index in [0.29, 0.717) is 36.0 Å². The topological polar surface area (TPSA) is 106 Å². The quantitative estimate of drug-likeness (QED) is 0.543. The molecule has 0 radical (unpaired) electrons. The normalized spacial score (nSPS) is 16.3. The van der Waals surface area contributed by atoms with Gasteiger partial charge in [0.2, 0.25) is 11.8 Å². The average Bonchev–Trinajstić information content (AvgIpc) is 3.47. The molecule has 166 valence electrons. The molecule has 1 aromatic carbocycles. The fraction of sp³-hybridized carbons (Fsp3) is 0.348. The molecule has 0 spiro atoms. The Hall–Kier alpha value is -3.26. The lowest BCUT2D eigenvalue weighted by Gasteiger charge is -2.15. The van der Waals surface area contributed by atoms with Crippen molar-refractivity contribution in [2.24, 2.45) is 0 Å². The molecule has 1 aliphatic heterocycles. The molecule has 3 heterocycles. The van der Waals surface area contributed by atoms with E-state index < -0.39 is 0 Å². The van der Waals surface area contributed by atoms with Crippen LogP contribution < -0.4 is 10.1 Å². The molecule has 0 bridgehead atoms. The molecule has 8 nitrogen and oxygen atoms in total. The van der Waals surface area contributed by atoms with Crippen molar-refractivity contribution in [3.8, 4) is 5.88 Å². The maximum Gasteiger partial charge on any atom is 0.220 e. The van der Waals surface area contributed by atoms with Crippen molar-refractivity contribution < 1.29 is 9.53 Å². The van der Waals surface area contributed by atoms with Crippen molar-refractivity contribution >= 4 is 23.1 Å². The molecule has 1 atom stereocenters. The van der Waals surface area contributed by atoms with Gasteiger partial charge in [-0.2, -0.15) is 5.21 Å². The van der Waals surface area contributed by atoms with Crippen LogP contribution in [0.2, 0.25) is 5.02 Å². The number of hydrogen-bond acceptors (Lipinski definition) is 6. The van der Waals surface area contributed by atoms with Gasteiger partial charge in [0.1, 0.15) is 0 Å². The Bertz CT molecular complexity index is 1130. The largest absolute Gasteiger partial charge is 0.481 e. The molecule has 1 aliphatic rings. The van der Waals surface area contributed by atoms with Gasteiger partial charge in [0.05, 0.1) is 12.8 Å². The molecular formula is C23H25ClN6O2. The van der Waals surface area contributed by atoms with Crippen molar-refractivity contribution in [2.75, 3.05) is 7.11 Å². The van der Waals surface area contributed by atoms with E-state index in [9.17, 15) is 4.79 Å². The number of methoxy groups -OCH3 is 1. The highest BCUT2D eigenvalue weighted by molar-refractivity contribution is 6.31. The van der Waals surface area contributed by atoms with E-state index in [1.165, 1.54) is 0 Å². The molecule has 0 saturated carbocycles. The molecule has 9 heteroatoms. The molecule has 2 N–H and O–H groups in total. The lowest BCUT2D eigenvalue weighted by Crippen LogP contribution is -2.23. The summed E-state index contributed by atoms with van der Waals surface area (Å²) in [5.74, 6) is 1.32. The predicted molar refractivity (Wildman–Crippen MR) is 121 cm³/mol. The van der Waals surface area contributed by atoms with Gasteiger partial charge in [0.25, 0.3) is 0 Å². The average molecular weight is 453 g/mol. The first kappa shape index (κ1) is 22.0. The molecule has 3 aromatic rings. The summed E-state index contributed by atoms with van der Waals surface area (Å²) in [4.78, 5) is 16.5. The minimum atomic E-state index is -0.0483. The summed E-state index contributed by atoms with van der Waals surface area (Å²) in [7, 11) is 1.63. The third-order valence-corrected chi connectivity index (χ3v) is 5.91. The zero-order valence-corrected chi connectivity index (χ0v) is 18.8. The number of amides is 1. The number of carbonyl (C=O) groups excluding carboxylic acids is 1. The number of nitrogens with zero attached hydrogens (tertiary/aromatic N) is 4.